The van der Waals surface area contributed by atoms with Gasteiger partial charge in [-0.05, 0) is 54.1 Å². The molecule has 0 spiro atoms. The summed E-state index contributed by atoms with van der Waals surface area (Å²) in [5.74, 6) is 0.888. The number of methoxy groups -OCH3 is 1. The van der Waals surface area contributed by atoms with Gasteiger partial charge in [-0.2, -0.15) is 0 Å². The maximum absolute atomic E-state index is 12.6. The minimum atomic E-state index is -0.0696. The van der Waals surface area contributed by atoms with Crippen molar-refractivity contribution in [1.29, 1.82) is 0 Å². The van der Waals surface area contributed by atoms with Gasteiger partial charge in [0.1, 0.15) is 11.5 Å². The van der Waals surface area contributed by atoms with E-state index >= 15 is 0 Å². The van der Waals surface area contributed by atoms with E-state index in [-0.39, 0.29) is 11.5 Å². The highest BCUT2D eigenvalue weighted by atomic mass is 16.5. The molecule has 0 fully saturated rings. The van der Waals surface area contributed by atoms with E-state index in [2.05, 4.69) is 0 Å². The minimum absolute atomic E-state index is 0.0696. The number of allylic oxidation sites excluding steroid dienone is 1. The summed E-state index contributed by atoms with van der Waals surface area (Å²) in [6.07, 6.45) is 5.88. The highest BCUT2D eigenvalue weighted by Gasteiger charge is 2.12. The SMILES string of the molecule is COc1cccc(/C=C/Cn2cccc2C(=O)c2ccc(O)cc2)c1. The lowest BCUT2D eigenvalue weighted by atomic mass is 10.1. The normalized spacial score (nSPS) is 10.9. The molecule has 1 N–H and O–H groups in total. The number of phenolic OH excluding ortho intramolecular Hbond substituents is 1. The Balaban J connectivity index is 1.74. The van der Waals surface area contributed by atoms with Gasteiger partial charge in [0.2, 0.25) is 5.78 Å². The lowest BCUT2D eigenvalue weighted by molar-refractivity contribution is 0.103. The van der Waals surface area contributed by atoms with Crippen LogP contribution in [0.5, 0.6) is 11.5 Å². The van der Waals surface area contributed by atoms with Crippen LogP contribution in [0.15, 0.2) is 72.9 Å². The average molecular weight is 333 g/mol. The van der Waals surface area contributed by atoms with Crippen LogP contribution in [0.1, 0.15) is 21.6 Å². The van der Waals surface area contributed by atoms with E-state index < -0.39 is 0 Å². The molecule has 0 amide bonds. The molecule has 3 aromatic rings. The number of hydrogen-bond acceptors (Lipinski definition) is 3. The van der Waals surface area contributed by atoms with Gasteiger partial charge in [0.05, 0.1) is 12.8 Å². The van der Waals surface area contributed by atoms with E-state index in [0.717, 1.165) is 11.3 Å². The summed E-state index contributed by atoms with van der Waals surface area (Å²) in [4.78, 5) is 12.6. The molecule has 0 atom stereocenters. The smallest absolute Gasteiger partial charge is 0.209 e. The molecular weight excluding hydrogens is 314 g/mol. The first-order valence-electron chi connectivity index (χ1n) is 7.97. The second-order valence-corrected chi connectivity index (χ2v) is 5.60. The fourth-order valence-corrected chi connectivity index (χ4v) is 2.59. The molecule has 4 heteroatoms. The van der Waals surface area contributed by atoms with Gasteiger partial charge in [0.15, 0.2) is 0 Å². The lowest BCUT2D eigenvalue weighted by Crippen LogP contribution is -2.08. The molecule has 0 saturated heterocycles. The van der Waals surface area contributed by atoms with Crippen molar-refractivity contribution in [2.75, 3.05) is 7.11 Å². The third kappa shape index (κ3) is 3.98. The molecule has 3 rings (SSSR count). The van der Waals surface area contributed by atoms with Crippen molar-refractivity contribution in [3.05, 3.63) is 89.8 Å². The number of ketones is 1. The van der Waals surface area contributed by atoms with Gasteiger partial charge in [0, 0.05) is 18.3 Å². The van der Waals surface area contributed by atoms with Crippen molar-refractivity contribution in [2.24, 2.45) is 0 Å². The zero-order valence-corrected chi connectivity index (χ0v) is 13.9. The van der Waals surface area contributed by atoms with Crippen molar-refractivity contribution in [3.63, 3.8) is 0 Å². The molecule has 0 aliphatic rings. The summed E-state index contributed by atoms with van der Waals surface area (Å²) in [5, 5.41) is 9.35. The number of carbonyl (C=O) groups excluding carboxylic acids is 1. The number of aromatic nitrogens is 1. The number of phenols is 1. The number of ether oxygens (including phenoxy) is 1. The maximum atomic E-state index is 12.6. The van der Waals surface area contributed by atoms with Crippen LogP contribution in [-0.2, 0) is 6.54 Å². The first-order valence-corrected chi connectivity index (χ1v) is 7.97. The molecule has 25 heavy (non-hydrogen) atoms. The van der Waals surface area contributed by atoms with E-state index in [4.69, 9.17) is 4.74 Å². The van der Waals surface area contributed by atoms with Gasteiger partial charge in [0.25, 0.3) is 0 Å². The summed E-state index contributed by atoms with van der Waals surface area (Å²) >= 11 is 0. The van der Waals surface area contributed by atoms with Crippen LogP contribution >= 0.6 is 0 Å². The number of hydrogen-bond donors (Lipinski definition) is 1. The predicted octanol–water partition coefficient (Wildman–Crippen LogP) is 4.15. The molecule has 2 aromatic carbocycles. The number of rotatable bonds is 6. The van der Waals surface area contributed by atoms with E-state index in [1.807, 2.05) is 53.2 Å². The molecule has 0 aliphatic carbocycles. The lowest BCUT2D eigenvalue weighted by Gasteiger charge is -2.06. The van der Waals surface area contributed by atoms with Gasteiger partial charge in [-0.25, -0.2) is 0 Å². The Morgan fingerprint density at radius 2 is 1.92 bits per heavy atom. The maximum Gasteiger partial charge on any atom is 0.209 e. The first kappa shape index (κ1) is 16.6. The molecule has 0 saturated carbocycles. The molecule has 4 nitrogen and oxygen atoms in total. The third-order valence-electron chi connectivity index (χ3n) is 3.90. The van der Waals surface area contributed by atoms with Gasteiger partial charge in [-0.15, -0.1) is 0 Å². The first-order chi connectivity index (χ1) is 12.2. The van der Waals surface area contributed by atoms with Crippen LogP contribution in [0.3, 0.4) is 0 Å². The van der Waals surface area contributed by atoms with Crippen molar-refractivity contribution >= 4 is 11.9 Å². The van der Waals surface area contributed by atoms with Crippen LogP contribution < -0.4 is 4.74 Å². The zero-order valence-electron chi connectivity index (χ0n) is 13.9. The molecule has 126 valence electrons. The third-order valence-corrected chi connectivity index (χ3v) is 3.90. The molecular formula is C21H19NO3. The zero-order chi connectivity index (χ0) is 17.6. The second-order valence-electron chi connectivity index (χ2n) is 5.60. The Morgan fingerprint density at radius 3 is 2.68 bits per heavy atom. The Labute approximate surface area is 146 Å². The topological polar surface area (TPSA) is 51.5 Å². The van der Waals surface area contributed by atoms with E-state index in [1.54, 1.807) is 25.3 Å². The Hall–Kier alpha value is -3.27. The van der Waals surface area contributed by atoms with E-state index in [1.165, 1.54) is 12.1 Å². The van der Waals surface area contributed by atoms with Crippen molar-refractivity contribution in [2.45, 2.75) is 6.54 Å². The highest BCUT2D eigenvalue weighted by molar-refractivity contribution is 6.08. The molecule has 0 radical (unpaired) electrons. The summed E-state index contributed by atoms with van der Waals surface area (Å²) < 4.78 is 7.11. The van der Waals surface area contributed by atoms with E-state index in [9.17, 15) is 9.90 Å². The number of carbonyl (C=O) groups is 1. The number of benzene rings is 2. The van der Waals surface area contributed by atoms with Crippen molar-refractivity contribution in [3.8, 4) is 11.5 Å². The summed E-state index contributed by atoms with van der Waals surface area (Å²) in [6.45, 7) is 0.587. The standard InChI is InChI=1S/C21H19NO3/c1-25-19-7-2-5-16(15-19)6-3-13-22-14-4-8-20(22)21(24)17-9-11-18(23)12-10-17/h2-12,14-15,23H,13H2,1H3/b6-3+. The highest BCUT2D eigenvalue weighted by Crippen LogP contribution is 2.16. The minimum Gasteiger partial charge on any atom is -0.508 e. The molecule has 1 aromatic heterocycles. The van der Waals surface area contributed by atoms with Gasteiger partial charge >= 0.3 is 0 Å². The second kappa shape index (κ2) is 7.53. The quantitative estimate of drug-likeness (QED) is 0.690. The Kier molecular flexibility index (Phi) is 5.00. The van der Waals surface area contributed by atoms with Gasteiger partial charge in [-0.1, -0.05) is 24.3 Å². The van der Waals surface area contributed by atoms with Crippen LogP contribution in [0.25, 0.3) is 6.08 Å². The molecule has 0 bridgehead atoms. The van der Waals surface area contributed by atoms with Gasteiger partial charge in [-0.3, -0.25) is 4.79 Å². The fraction of sp³-hybridized carbons (Fsp3) is 0.0952. The summed E-state index contributed by atoms with van der Waals surface area (Å²) in [6, 6.07) is 17.7. The van der Waals surface area contributed by atoms with Crippen molar-refractivity contribution in [1.82, 2.24) is 4.57 Å². The fourth-order valence-electron chi connectivity index (χ4n) is 2.59. The average Bonchev–Trinajstić information content (AvgIpc) is 3.10. The van der Waals surface area contributed by atoms with E-state index in [0.29, 0.717) is 17.8 Å². The Morgan fingerprint density at radius 1 is 1.12 bits per heavy atom. The van der Waals surface area contributed by atoms with Gasteiger partial charge < -0.3 is 14.4 Å². The number of aromatic hydroxyl groups is 1. The van der Waals surface area contributed by atoms with Crippen LogP contribution in [0.2, 0.25) is 0 Å². The number of nitrogens with zero attached hydrogens (tertiary/aromatic N) is 1. The van der Waals surface area contributed by atoms with Crippen LogP contribution in [0.4, 0.5) is 0 Å². The summed E-state index contributed by atoms with van der Waals surface area (Å²) in [5.41, 5.74) is 2.20. The monoisotopic (exact) mass is 333 g/mol. The summed E-state index contributed by atoms with van der Waals surface area (Å²) in [7, 11) is 1.64. The Bertz CT molecular complexity index is 892. The van der Waals surface area contributed by atoms with Crippen molar-refractivity contribution < 1.29 is 14.6 Å². The van der Waals surface area contributed by atoms with Crippen LogP contribution in [0, 0.1) is 0 Å². The molecule has 0 unspecified atom stereocenters. The molecule has 0 aliphatic heterocycles. The largest absolute Gasteiger partial charge is 0.508 e. The van der Waals surface area contributed by atoms with Crippen LogP contribution in [-0.4, -0.2) is 22.6 Å². The predicted molar refractivity (Wildman–Crippen MR) is 98.0 cm³/mol. The molecule has 1 heterocycles.